The van der Waals surface area contributed by atoms with Gasteiger partial charge in [-0.3, -0.25) is 10.2 Å². The first-order valence-electron chi connectivity index (χ1n) is 8.16. The highest BCUT2D eigenvalue weighted by molar-refractivity contribution is 7.09. The number of hydrogen-bond donors (Lipinski definition) is 1. The van der Waals surface area contributed by atoms with E-state index in [1.807, 2.05) is 23.6 Å². The van der Waals surface area contributed by atoms with Crippen LogP contribution in [-0.2, 0) is 24.2 Å². The summed E-state index contributed by atoms with van der Waals surface area (Å²) in [5, 5.41) is 8.13. The van der Waals surface area contributed by atoms with Gasteiger partial charge in [0.05, 0.1) is 6.54 Å². The second-order valence-electron chi connectivity index (χ2n) is 6.04. The minimum absolute atomic E-state index is 0.105. The first kappa shape index (κ1) is 16.9. The van der Waals surface area contributed by atoms with Gasteiger partial charge in [-0.15, -0.1) is 11.3 Å². The number of allylic oxidation sites excluding steroid dienone is 4. The van der Waals surface area contributed by atoms with Gasteiger partial charge in [0.25, 0.3) is 0 Å². The molecular formula is C18H26N2OS. The first-order chi connectivity index (χ1) is 10.5. The molecule has 0 bridgehead atoms. The van der Waals surface area contributed by atoms with Crippen LogP contribution < -0.4 is 4.80 Å². The van der Waals surface area contributed by atoms with E-state index in [4.69, 9.17) is 5.41 Å². The molecular weight excluding hydrogens is 292 g/mol. The average molecular weight is 318 g/mol. The van der Waals surface area contributed by atoms with Gasteiger partial charge in [0.2, 0.25) is 0 Å². The zero-order valence-electron chi connectivity index (χ0n) is 13.8. The minimum Gasteiger partial charge on any atom is -0.314 e. The van der Waals surface area contributed by atoms with E-state index in [2.05, 4.69) is 19.9 Å². The molecule has 1 aliphatic carbocycles. The summed E-state index contributed by atoms with van der Waals surface area (Å²) in [6.07, 6.45) is 11.6. The van der Waals surface area contributed by atoms with Gasteiger partial charge in [-0.25, -0.2) is 0 Å². The fourth-order valence-electron chi connectivity index (χ4n) is 2.81. The Morgan fingerprint density at radius 3 is 2.86 bits per heavy atom. The lowest BCUT2D eigenvalue weighted by molar-refractivity contribution is -0.121. The third-order valence-electron chi connectivity index (χ3n) is 4.18. The van der Waals surface area contributed by atoms with Crippen LogP contribution in [0.5, 0.6) is 0 Å². The number of ketones is 1. The Labute approximate surface area is 136 Å². The molecule has 0 aliphatic heterocycles. The number of nitrogens with zero attached hydrogens (tertiary/aromatic N) is 1. The molecule has 1 aromatic rings. The van der Waals surface area contributed by atoms with Gasteiger partial charge in [-0.1, -0.05) is 37.6 Å². The van der Waals surface area contributed by atoms with Crippen LogP contribution in [0.15, 0.2) is 23.8 Å². The van der Waals surface area contributed by atoms with Crippen LogP contribution in [0.1, 0.15) is 50.6 Å². The quantitative estimate of drug-likeness (QED) is 0.791. The zero-order valence-corrected chi connectivity index (χ0v) is 14.6. The number of hydrogen-bond acceptors (Lipinski definition) is 3. The van der Waals surface area contributed by atoms with Crippen molar-refractivity contribution in [2.45, 2.75) is 59.4 Å². The Morgan fingerprint density at radius 1 is 1.41 bits per heavy atom. The first-order valence-corrected chi connectivity index (χ1v) is 8.98. The van der Waals surface area contributed by atoms with Crippen molar-refractivity contribution < 1.29 is 4.79 Å². The van der Waals surface area contributed by atoms with Crippen LogP contribution in [0.2, 0.25) is 0 Å². The Balaban J connectivity index is 2.08. The highest BCUT2D eigenvalue weighted by Gasteiger charge is 2.19. The Morgan fingerprint density at radius 2 is 2.14 bits per heavy atom. The van der Waals surface area contributed by atoms with Gasteiger partial charge in [-0.2, -0.15) is 0 Å². The van der Waals surface area contributed by atoms with E-state index in [0.29, 0.717) is 11.3 Å². The van der Waals surface area contributed by atoms with Crippen LogP contribution in [0.4, 0.5) is 0 Å². The molecule has 0 spiro atoms. The number of rotatable bonds is 6. The monoisotopic (exact) mass is 318 g/mol. The van der Waals surface area contributed by atoms with Gasteiger partial charge < -0.3 is 4.57 Å². The van der Waals surface area contributed by atoms with Crippen LogP contribution in [0.3, 0.4) is 0 Å². The summed E-state index contributed by atoms with van der Waals surface area (Å²) in [6, 6.07) is 0. The molecule has 0 aromatic carbocycles. The van der Waals surface area contributed by atoms with E-state index in [0.717, 1.165) is 19.3 Å². The predicted molar refractivity (Wildman–Crippen MR) is 92.2 cm³/mol. The lowest BCUT2D eigenvalue weighted by Gasteiger charge is -2.15. The Kier molecular flexibility index (Phi) is 5.95. The number of carbonyl (C=O) groups is 1. The molecule has 22 heavy (non-hydrogen) atoms. The van der Waals surface area contributed by atoms with Gasteiger partial charge in [-0.05, 0) is 39.0 Å². The van der Waals surface area contributed by atoms with E-state index in [1.54, 1.807) is 11.3 Å². The molecule has 3 nitrogen and oxygen atoms in total. The number of Topliss-reactive ketones (excluding diaryl/α,β-unsaturated/α-hetero) is 1. The largest absolute Gasteiger partial charge is 0.314 e. The third kappa shape index (κ3) is 4.07. The van der Waals surface area contributed by atoms with Crippen molar-refractivity contribution in [2.75, 3.05) is 0 Å². The molecule has 0 fully saturated rings. The van der Waals surface area contributed by atoms with Crippen LogP contribution in [0, 0.1) is 11.3 Å². The lowest BCUT2D eigenvalue weighted by atomic mass is 10.0. The molecule has 1 aromatic heterocycles. The second-order valence-corrected chi connectivity index (χ2v) is 7.12. The van der Waals surface area contributed by atoms with E-state index >= 15 is 0 Å². The van der Waals surface area contributed by atoms with Gasteiger partial charge >= 0.3 is 0 Å². The number of fused-ring (bicyclic) bond motifs is 1. The smallest absolute Gasteiger partial charge is 0.182 e. The van der Waals surface area contributed by atoms with E-state index in [1.165, 1.54) is 29.0 Å². The SMILES string of the molecule is CC/C=C(C)\C=C/C(C)C(=O)Cn1c2c(sc1=N)CCCC2. The van der Waals surface area contributed by atoms with Crippen molar-refractivity contribution in [3.63, 3.8) is 0 Å². The number of aromatic nitrogens is 1. The summed E-state index contributed by atoms with van der Waals surface area (Å²) in [7, 11) is 0. The van der Waals surface area contributed by atoms with Crippen molar-refractivity contribution in [2.24, 2.45) is 5.92 Å². The molecule has 120 valence electrons. The molecule has 0 radical (unpaired) electrons. The molecule has 1 atom stereocenters. The van der Waals surface area contributed by atoms with Gasteiger partial charge in [0, 0.05) is 16.5 Å². The van der Waals surface area contributed by atoms with E-state index in [-0.39, 0.29) is 11.7 Å². The molecule has 1 aliphatic rings. The average Bonchev–Trinajstić information content (AvgIpc) is 2.81. The fraction of sp³-hybridized carbons (Fsp3) is 0.556. The number of aryl methyl sites for hydroxylation is 1. The summed E-state index contributed by atoms with van der Waals surface area (Å²) >= 11 is 1.55. The van der Waals surface area contributed by atoms with Crippen LogP contribution in [0.25, 0.3) is 0 Å². The molecule has 4 heteroatoms. The number of carbonyl (C=O) groups excluding carboxylic acids is 1. The predicted octanol–water partition coefficient (Wildman–Crippen LogP) is 4.03. The Hall–Kier alpha value is -1.42. The van der Waals surface area contributed by atoms with Crippen molar-refractivity contribution >= 4 is 17.1 Å². The van der Waals surface area contributed by atoms with Crippen molar-refractivity contribution in [3.8, 4) is 0 Å². The molecule has 2 rings (SSSR count). The molecule has 0 saturated heterocycles. The van der Waals surface area contributed by atoms with Crippen molar-refractivity contribution in [1.82, 2.24) is 4.57 Å². The summed E-state index contributed by atoms with van der Waals surface area (Å²) in [5.74, 6) is 0.0801. The number of nitrogens with one attached hydrogen (secondary N) is 1. The van der Waals surface area contributed by atoms with Crippen LogP contribution >= 0.6 is 11.3 Å². The Bertz CT molecular complexity index is 649. The third-order valence-corrected chi connectivity index (χ3v) is 5.28. The molecule has 1 unspecified atom stereocenters. The minimum atomic E-state index is -0.105. The van der Waals surface area contributed by atoms with E-state index in [9.17, 15) is 4.79 Å². The summed E-state index contributed by atoms with van der Waals surface area (Å²) in [6.45, 7) is 6.45. The van der Waals surface area contributed by atoms with E-state index < -0.39 is 0 Å². The molecule has 1 heterocycles. The normalized spacial score (nSPS) is 16.8. The standard InChI is InChI=1S/C18H26N2OS/c1-4-7-13(2)10-11-14(3)16(21)12-20-15-8-5-6-9-17(15)22-18(20)19/h7,10-11,14,19H,4-6,8-9,12H2,1-3H3/b11-10-,13-7-,19-18?. The summed E-state index contributed by atoms with van der Waals surface area (Å²) in [4.78, 5) is 14.3. The molecule has 0 amide bonds. The second kappa shape index (κ2) is 7.73. The lowest BCUT2D eigenvalue weighted by Crippen LogP contribution is -2.25. The highest BCUT2D eigenvalue weighted by atomic mass is 32.1. The van der Waals surface area contributed by atoms with Crippen LogP contribution in [-0.4, -0.2) is 10.4 Å². The fourth-order valence-corrected chi connectivity index (χ4v) is 3.91. The summed E-state index contributed by atoms with van der Waals surface area (Å²) < 4.78 is 1.93. The molecule has 0 saturated carbocycles. The highest BCUT2D eigenvalue weighted by Crippen LogP contribution is 2.23. The number of thiazole rings is 1. The zero-order chi connectivity index (χ0) is 16.1. The summed E-state index contributed by atoms with van der Waals surface area (Å²) in [5.41, 5.74) is 2.43. The topological polar surface area (TPSA) is 45.9 Å². The van der Waals surface area contributed by atoms with Crippen molar-refractivity contribution in [1.29, 1.82) is 5.41 Å². The van der Waals surface area contributed by atoms with Gasteiger partial charge in [0.1, 0.15) is 0 Å². The molecule has 1 N–H and O–H groups in total. The maximum absolute atomic E-state index is 12.4. The maximum atomic E-state index is 12.4. The van der Waals surface area contributed by atoms with Crippen molar-refractivity contribution in [3.05, 3.63) is 39.2 Å². The maximum Gasteiger partial charge on any atom is 0.182 e. The van der Waals surface area contributed by atoms with Gasteiger partial charge in [0.15, 0.2) is 10.6 Å².